The molecule has 0 spiro atoms. The van der Waals surface area contributed by atoms with Crippen LogP contribution in [0.2, 0.25) is 15.1 Å². The Morgan fingerprint density at radius 1 is 0.852 bits per heavy atom. The van der Waals surface area contributed by atoms with Crippen LogP contribution in [-0.4, -0.2) is 54.9 Å². The molecule has 3 rings (SSSR count). The second kappa shape index (κ2) is 8.38. The summed E-state index contributed by atoms with van der Waals surface area (Å²) in [5.74, 6) is 0.163. The molecule has 0 bridgehead atoms. The minimum atomic E-state index is -0.170. The Morgan fingerprint density at radius 3 is 2.07 bits per heavy atom. The van der Waals surface area contributed by atoms with Crippen LogP contribution < -0.4 is 4.74 Å². The summed E-state index contributed by atoms with van der Waals surface area (Å²) in [4.78, 5) is 28.8. The maximum atomic E-state index is 12.8. The zero-order valence-corrected chi connectivity index (χ0v) is 16.8. The summed E-state index contributed by atoms with van der Waals surface area (Å²) in [6.45, 7) is 1.69. The summed E-state index contributed by atoms with van der Waals surface area (Å²) >= 11 is 17.9. The molecule has 1 aliphatic rings. The van der Waals surface area contributed by atoms with Crippen molar-refractivity contribution in [2.45, 2.75) is 0 Å². The topological polar surface area (TPSA) is 49.9 Å². The first-order valence-corrected chi connectivity index (χ1v) is 9.41. The molecule has 1 aliphatic heterocycles. The molecule has 2 amide bonds. The average Bonchev–Trinajstić information content (AvgIpc) is 2.69. The lowest BCUT2D eigenvalue weighted by molar-refractivity contribution is 0.0533. The van der Waals surface area contributed by atoms with E-state index < -0.39 is 0 Å². The molecule has 8 heteroatoms. The van der Waals surface area contributed by atoms with Crippen LogP contribution in [0, 0.1) is 0 Å². The van der Waals surface area contributed by atoms with Gasteiger partial charge >= 0.3 is 0 Å². The number of benzene rings is 2. The van der Waals surface area contributed by atoms with Crippen molar-refractivity contribution in [3.8, 4) is 5.75 Å². The van der Waals surface area contributed by atoms with Gasteiger partial charge in [-0.25, -0.2) is 0 Å². The van der Waals surface area contributed by atoms with Crippen LogP contribution in [0.4, 0.5) is 0 Å². The van der Waals surface area contributed by atoms with Gasteiger partial charge in [0.05, 0.1) is 22.7 Å². The number of rotatable bonds is 3. The highest BCUT2D eigenvalue weighted by atomic mass is 35.5. The summed E-state index contributed by atoms with van der Waals surface area (Å²) in [5, 5.41) is 1.20. The van der Waals surface area contributed by atoms with E-state index in [4.69, 9.17) is 39.5 Å². The first-order valence-electron chi connectivity index (χ1n) is 8.28. The highest BCUT2D eigenvalue weighted by molar-refractivity contribution is 6.42. The molecule has 0 atom stereocenters. The number of hydrogen-bond donors (Lipinski definition) is 0. The van der Waals surface area contributed by atoms with Gasteiger partial charge < -0.3 is 14.5 Å². The van der Waals surface area contributed by atoms with E-state index in [9.17, 15) is 9.59 Å². The van der Waals surface area contributed by atoms with Crippen LogP contribution in [0.15, 0.2) is 36.4 Å². The zero-order valence-electron chi connectivity index (χ0n) is 14.5. The molecule has 2 aromatic rings. The molecular weight excluding hydrogens is 411 g/mol. The molecule has 27 heavy (non-hydrogen) atoms. The van der Waals surface area contributed by atoms with Crippen LogP contribution in [0.25, 0.3) is 0 Å². The Morgan fingerprint density at radius 2 is 1.48 bits per heavy atom. The number of amides is 2. The largest absolute Gasteiger partial charge is 0.496 e. The van der Waals surface area contributed by atoms with Crippen molar-refractivity contribution in [3.05, 3.63) is 62.6 Å². The van der Waals surface area contributed by atoms with E-state index in [2.05, 4.69) is 0 Å². The van der Waals surface area contributed by atoms with Gasteiger partial charge in [0.1, 0.15) is 5.75 Å². The number of halogens is 3. The van der Waals surface area contributed by atoms with E-state index in [1.54, 1.807) is 46.2 Å². The molecule has 0 radical (unpaired) electrons. The predicted molar refractivity (Wildman–Crippen MR) is 106 cm³/mol. The SMILES string of the molecule is COc1ccc(Cl)cc1C(=O)N1CCN(C(=O)c2ccc(Cl)c(Cl)c2)CC1. The number of hydrogen-bond acceptors (Lipinski definition) is 3. The first-order chi connectivity index (χ1) is 12.9. The third-order valence-corrected chi connectivity index (χ3v) is 5.39. The Kier molecular flexibility index (Phi) is 6.15. The maximum Gasteiger partial charge on any atom is 0.257 e. The van der Waals surface area contributed by atoms with E-state index in [1.165, 1.54) is 7.11 Å². The van der Waals surface area contributed by atoms with Gasteiger partial charge in [0, 0.05) is 36.8 Å². The van der Waals surface area contributed by atoms with Gasteiger partial charge in [-0.1, -0.05) is 34.8 Å². The lowest BCUT2D eigenvalue weighted by Gasteiger charge is -2.35. The fraction of sp³-hybridized carbons (Fsp3) is 0.263. The molecule has 0 N–H and O–H groups in total. The molecule has 0 aliphatic carbocycles. The van der Waals surface area contributed by atoms with Crippen molar-refractivity contribution in [2.75, 3.05) is 33.3 Å². The van der Waals surface area contributed by atoms with Crippen LogP contribution in [0.1, 0.15) is 20.7 Å². The Hall–Kier alpha value is -1.95. The highest BCUT2D eigenvalue weighted by Gasteiger charge is 2.27. The molecular formula is C19H17Cl3N2O3. The van der Waals surface area contributed by atoms with E-state index in [1.807, 2.05) is 0 Å². The molecule has 1 saturated heterocycles. The number of carbonyl (C=O) groups is 2. The van der Waals surface area contributed by atoms with Crippen LogP contribution >= 0.6 is 34.8 Å². The molecule has 142 valence electrons. The minimum absolute atomic E-state index is 0.138. The van der Waals surface area contributed by atoms with E-state index in [0.29, 0.717) is 58.1 Å². The summed E-state index contributed by atoms with van der Waals surface area (Å²) < 4.78 is 5.26. The van der Waals surface area contributed by atoms with Crippen molar-refractivity contribution < 1.29 is 14.3 Å². The molecule has 5 nitrogen and oxygen atoms in total. The van der Waals surface area contributed by atoms with Gasteiger partial charge in [0.15, 0.2) is 0 Å². The minimum Gasteiger partial charge on any atom is -0.496 e. The van der Waals surface area contributed by atoms with Gasteiger partial charge in [0.25, 0.3) is 11.8 Å². The molecule has 0 saturated carbocycles. The van der Waals surface area contributed by atoms with Crippen LogP contribution in [-0.2, 0) is 0 Å². The lowest BCUT2D eigenvalue weighted by atomic mass is 10.1. The summed E-state index contributed by atoms with van der Waals surface area (Å²) in [7, 11) is 1.51. The van der Waals surface area contributed by atoms with Crippen molar-refractivity contribution >= 4 is 46.6 Å². The van der Waals surface area contributed by atoms with Gasteiger partial charge in [-0.15, -0.1) is 0 Å². The Balaban J connectivity index is 1.68. The Labute approximate surface area is 172 Å². The molecule has 1 heterocycles. The van der Waals surface area contributed by atoms with Crippen molar-refractivity contribution in [1.82, 2.24) is 9.80 Å². The molecule has 2 aromatic carbocycles. The average molecular weight is 428 g/mol. The number of piperazine rings is 1. The van der Waals surface area contributed by atoms with E-state index in [-0.39, 0.29) is 11.8 Å². The molecule has 0 aromatic heterocycles. The van der Waals surface area contributed by atoms with Gasteiger partial charge in [-0.3, -0.25) is 9.59 Å². The zero-order chi connectivity index (χ0) is 19.6. The van der Waals surface area contributed by atoms with Gasteiger partial charge in [-0.2, -0.15) is 0 Å². The quantitative estimate of drug-likeness (QED) is 0.735. The van der Waals surface area contributed by atoms with Gasteiger partial charge in [0.2, 0.25) is 0 Å². The molecule has 1 fully saturated rings. The summed E-state index contributed by atoms with van der Waals surface area (Å²) in [6.07, 6.45) is 0. The lowest BCUT2D eigenvalue weighted by Crippen LogP contribution is -2.50. The van der Waals surface area contributed by atoms with Crippen LogP contribution in [0.3, 0.4) is 0 Å². The number of methoxy groups -OCH3 is 1. The predicted octanol–water partition coefficient (Wildman–Crippen LogP) is 4.25. The summed E-state index contributed by atoms with van der Waals surface area (Å²) in [6, 6.07) is 9.73. The van der Waals surface area contributed by atoms with Crippen molar-refractivity contribution in [1.29, 1.82) is 0 Å². The van der Waals surface area contributed by atoms with Crippen molar-refractivity contribution in [3.63, 3.8) is 0 Å². The second-order valence-electron chi connectivity index (χ2n) is 6.06. The van der Waals surface area contributed by atoms with Crippen molar-refractivity contribution in [2.24, 2.45) is 0 Å². The standard InChI is InChI=1S/C19H17Cl3N2O3/c1-27-17-5-3-13(20)11-14(17)19(26)24-8-6-23(7-9-24)18(25)12-2-4-15(21)16(22)10-12/h2-5,10-11H,6-9H2,1H3. The van der Waals surface area contributed by atoms with E-state index >= 15 is 0 Å². The number of nitrogens with zero attached hydrogens (tertiary/aromatic N) is 2. The fourth-order valence-corrected chi connectivity index (χ4v) is 3.41. The molecule has 0 unspecified atom stereocenters. The smallest absolute Gasteiger partial charge is 0.257 e. The summed E-state index contributed by atoms with van der Waals surface area (Å²) in [5.41, 5.74) is 0.884. The number of ether oxygens (including phenoxy) is 1. The third-order valence-electron chi connectivity index (χ3n) is 4.41. The fourth-order valence-electron chi connectivity index (χ4n) is 2.94. The van der Waals surface area contributed by atoms with Crippen LogP contribution in [0.5, 0.6) is 5.75 Å². The number of carbonyl (C=O) groups excluding carboxylic acids is 2. The third kappa shape index (κ3) is 4.32. The maximum absolute atomic E-state index is 12.8. The van der Waals surface area contributed by atoms with E-state index in [0.717, 1.165) is 0 Å². The highest BCUT2D eigenvalue weighted by Crippen LogP contribution is 2.26. The Bertz CT molecular complexity index is 880. The monoisotopic (exact) mass is 426 g/mol. The van der Waals surface area contributed by atoms with Gasteiger partial charge in [-0.05, 0) is 36.4 Å². The second-order valence-corrected chi connectivity index (χ2v) is 7.31. The normalized spacial score (nSPS) is 14.2. The first kappa shape index (κ1) is 19.8.